The van der Waals surface area contributed by atoms with Gasteiger partial charge in [0.1, 0.15) is 6.04 Å². The van der Waals surface area contributed by atoms with Gasteiger partial charge in [-0.25, -0.2) is 8.42 Å². The Morgan fingerprint density at radius 1 is 1.08 bits per heavy atom. The molecule has 36 heavy (non-hydrogen) atoms. The van der Waals surface area contributed by atoms with Gasteiger partial charge in [-0.2, -0.15) is 0 Å². The lowest BCUT2D eigenvalue weighted by Crippen LogP contribution is -2.54. The van der Waals surface area contributed by atoms with Gasteiger partial charge in [-0.15, -0.1) is 0 Å². The van der Waals surface area contributed by atoms with Crippen LogP contribution in [0.5, 0.6) is 0 Å². The summed E-state index contributed by atoms with van der Waals surface area (Å²) in [4.78, 5) is 28.3. The van der Waals surface area contributed by atoms with Crippen LogP contribution in [0.4, 0.5) is 5.69 Å². The molecule has 2 aromatic rings. The van der Waals surface area contributed by atoms with Crippen LogP contribution in [0, 0.1) is 0 Å². The van der Waals surface area contributed by atoms with Crippen LogP contribution < -0.4 is 15.4 Å². The average Bonchev–Trinajstić information content (AvgIpc) is 3.39. The summed E-state index contributed by atoms with van der Waals surface area (Å²) in [5.74, 6) is -0.112. The number of carbonyl (C=O) groups is 2. The Labute approximate surface area is 217 Å². The molecule has 0 aliphatic carbocycles. The van der Waals surface area contributed by atoms with Crippen LogP contribution in [-0.4, -0.2) is 63.1 Å². The third kappa shape index (κ3) is 6.99. The van der Waals surface area contributed by atoms with Crippen LogP contribution in [0.15, 0.2) is 48.5 Å². The maximum absolute atomic E-state index is 13.6. The predicted molar refractivity (Wildman–Crippen MR) is 142 cm³/mol. The third-order valence-electron chi connectivity index (χ3n) is 6.85. The van der Waals surface area contributed by atoms with E-state index in [4.69, 9.17) is 11.6 Å². The molecule has 2 aliphatic rings. The summed E-state index contributed by atoms with van der Waals surface area (Å²) < 4.78 is 26.2. The smallest absolute Gasteiger partial charge is 0.245 e. The molecule has 2 saturated heterocycles. The Morgan fingerprint density at radius 3 is 2.42 bits per heavy atom. The van der Waals surface area contributed by atoms with Gasteiger partial charge in [0.15, 0.2) is 0 Å². The number of anilines is 1. The highest BCUT2D eigenvalue weighted by Gasteiger charge is 2.32. The van der Waals surface area contributed by atoms with Crippen molar-refractivity contribution < 1.29 is 18.0 Å². The van der Waals surface area contributed by atoms with Gasteiger partial charge in [0.05, 0.1) is 18.0 Å². The molecule has 2 fully saturated rings. The summed E-state index contributed by atoms with van der Waals surface area (Å²) in [7, 11) is -3.39. The first-order valence-electron chi connectivity index (χ1n) is 12.3. The lowest BCUT2D eigenvalue weighted by molar-refractivity contribution is -0.137. The van der Waals surface area contributed by atoms with E-state index in [0.717, 1.165) is 36.8 Å². The zero-order valence-corrected chi connectivity index (χ0v) is 21.9. The lowest BCUT2D eigenvalue weighted by atomic mass is 9.88. The van der Waals surface area contributed by atoms with E-state index in [1.54, 1.807) is 24.3 Å². The van der Waals surface area contributed by atoms with Gasteiger partial charge in [-0.05, 0) is 67.5 Å². The first-order chi connectivity index (χ1) is 17.2. The highest BCUT2D eigenvalue weighted by molar-refractivity contribution is 7.92. The van der Waals surface area contributed by atoms with Crippen molar-refractivity contribution in [2.45, 2.75) is 50.1 Å². The molecule has 10 heteroatoms. The number of carbonyl (C=O) groups excluding carboxylic acids is 2. The molecule has 2 aliphatic heterocycles. The SMILES string of the molecule is CS(=O)(=O)Nc1ccccc1C1CCN(C(=O)C(Cc2ccc(Cl)cc2)NC(=O)C2CCCN2)CC1. The molecule has 194 valence electrons. The Balaban J connectivity index is 1.44. The summed E-state index contributed by atoms with van der Waals surface area (Å²) in [5.41, 5.74) is 2.45. The molecule has 3 N–H and O–H groups in total. The van der Waals surface area contributed by atoms with Gasteiger partial charge in [-0.3, -0.25) is 14.3 Å². The molecule has 4 rings (SSSR count). The standard InChI is InChI=1S/C26H33ClN4O4S/c1-36(34,35)30-22-6-3-2-5-21(22)19-12-15-31(16-13-19)26(33)24(17-18-8-10-20(27)11-9-18)29-25(32)23-7-4-14-28-23/h2-3,5-6,8-11,19,23-24,28,30H,4,7,12-17H2,1H3,(H,29,32). The number of sulfonamides is 1. The van der Waals surface area contributed by atoms with Crippen LogP contribution in [-0.2, 0) is 26.0 Å². The van der Waals surface area contributed by atoms with Gasteiger partial charge in [-0.1, -0.05) is 41.9 Å². The summed E-state index contributed by atoms with van der Waals surface area (Å²) in [6.07, 6.45) is 4.65. The van der Waals surface area contributed by atoms with E-state index >= 15 is 0 Å². The van der Waals surface area contributed by atoms with Crippen LogP contribution in [0.3, 0.4) is 0 Å². The number of rotatable bonds is 8. The van der Waals surface area contributed by atoms with Crippen LogP contribution in [0.2, 0.25) is 5.02 Å². The monoisotopic (exact) mass is 532 g/mol. The Bertz CT molecular complexity index is 1170. The van der Waals surface area contributed by atoms with Gasteiger partial charge >= 0.3 is 0 Å². The molecule has 0 spiro atoms. The van der Waals surface area contributed by atoms with Crippen molar-refractivity contribution in [1.29, 1.82) is 0 Å². The van der Waals surface area contributed by atoms with E-state index in [9.17, 15) is 18.0 Å². The molecule has 2 unspecified atom stereocenters. The topological polar surface area (TPSA) is 108 Å². The number of nitrogens with one attached hydrogen (secondary N) is 3. The van der Waals surface area contributed by atoms with E-state index < -0.39 is 16.1 Å². The molecular weight excluding hydrogens is 500 g/mol. The van der Waals surface area contributed by atoms with Crippen molar-refractivity contribution in [3.05, 3.63) is 64.7 Å². The number of benzene rings is 2. The van der Waals surface area contributed by atoms with E-state index in [-0.39, 0.29) is 23.8 Å². The Kier molecular flexibility index (Phi) is 8.54. The maximum atomic E-state index is 13.6. The second kappa shape index (κ2) is 11.6. The van der Waals surface area contributed by atoms with E-state index in [2.05, 4.69) is 15.4 Å². The highest BCUT2D eigenvalue weighted by Crippen LogP contribution is 2.33. The van der Waals surface area contributed by atoms with Crippen molar-refractivity contribution >= 4 is 39.1 Å². The molecule has 8 nitrogen and oxygen atoms in total. The van der Waals surface area contributed by atoms with E-state index in [1.807, 2.05) is 29.2 Å². The van der Waals surface area contributed by atoms with Gasteiger partial charge < -0.3 is 15.5 Å². The number of amides is 2. The second-order valence-electron chi connectivity index (χ2n) is 9.60. The molecule has 0 saturated carbocycles. The summed E-state index contributed by atoms with van der Waals surface area (Å²) >= 11 is 6.02. The predicted octanol–water partition coefficient (Wildman–Crippen LogP) is 2.90. The molecule has 0 aromatic heterocycles. The number of hydrogen-bond donors (Lipinski definition) is 3. The molecule has 2 aromatic carbocycles. The summed E-state index contributed by atoms with van der Waals surface area (Å²) in [6, 6.07) is 13.8. The fraction of sp³-hybridized carbons (Fsp3) is 0.462. The number of para-hydroxylation sites is 1. The van der Waals surface area contributed by atoms with E-state index in [1.165, 1.54) is 0 Å². The fourth-order valence-electron chi connectivity index (χ4n) is 5.01. The van der Waals surface area contributed by atoms with Gasteiger partial charge in [0, 0.05) is 24.5 Å². The van der Waals surface area contributed by atoms with Gasteiger partial charge in [0.25, 0.3) is 0 Å². The number of halogens is 1. The fourth-order valence-corrected chi connectivity index (χ4v) is 5.73. The molecule has 0 radical (unpaired) electrons. The van der Waals surface area contributed by atoms with E-state index in [0.29, 0.717) is 43.1 Å². The van der Waals surface area contributed by atoms with Crippen molar-refractivity contribution in [3.8, 4) is 0 Å². The molecule has 2 amide bonds. The van der Waals surface area contributed by atoms with Crippen molar-refractivity contribution in [2.24, 2.45) is 0 Å². The highest BCUT2D eigenvalue weighted by atomic mass is 35.5. The van der Waals surface area contributed by atoms with Crippen LogP contribution in [0.25, 0.3) is 0 Å². The number of piperidine rings is 1. The minimum atomic E-state index is -3.39. The zero-order chi connectivity index (χ0) is 25.7. The Morgan fingerprint density at radius 2 is 1.78 bits per heavy atom. The largest absolute Gasteiger partial charge is 0.343 e. The van der Waals surface area contributed by atoms with Crippen molar-refractivity contribution in [1.82, 2.24) is 15.5 Å². The van der Waals surface area contributed by atoms with Crippen molar-refractivity contribution in [2.75, 3.05) is 30.6 Å². The van der Waals surface area contributed by atoms with Crippen molar-refractivity contribution in [3.63, 3.8) is 0 Å². The summed E-state index contributed by atoms with van der Waals surface area (Å²) in [5, 5.41) is 6.81. The summed E-state index contributed by atoms with van der Waals surface area (Å²) in [6.45, 7) is 1.87. The minimum absolute atomic E-state index is 0.0997. The number of likely N-dealkylation sites (tertiary alicyclic amines) is 1. The molecule has 0 bridgehead atoms. The van der Waals surface area contributed by atoms with Crippen LogP contribution in [0.1, 0.15) is 42.7 Å². The molecule has 2 heterocycles. The Hall–Kier alpha value is -2.62. The normalized spacial score (nSPS) is 19.6. The minimum Gasteiger partial charge on any atom is -0.343 e. The molecule has 2 atom stereocenters. The average molecular weight is 533 g/mol. The van der Waals surface area contributed by atoms with Gasteiger partial charge in [0.2, 0.25) is 21.8 Å². The number of nitrogens with zero attached hydrogens (tertiary/aromatic N) is 1. The third-order valence-corrected chi connectivity index (χ3v) is 7.69. The maximum Gasteiger partial charge on any atom is 0.245 e. The quantitative estimate of drug-likeness (QED) is 0.484. The zero-order valence-electron chi connectivity index (χ0n) is 20.4. The first-order valence-corrected chi connectivity index (χ1v) is 14.6. The second-order valence-corrected chi connectivity index (χ2v) is 11.8. The first kappa shape index (κ1) is 26.4. The van der Waals surface area contributed by atoms with Crippen LogP contribution >= 0.6 is 11.6 Å². The molecular formula is C26H33ClN4O4S. The lowest BCUT2D eigenvalue weighted by Gasteiger charge is -2.35. The number of hydrogen-bond acceptors (Lipinski definition) is 5.